The topological polar surface area (TPSA) is 119 Å². The Hall–Kier alpha value is -3.82. The Morgan fingerprint density at radius 1 is 1.27 bits per heavy atom. The van der Waals surface area contributed by atoms with Crippen molar-refractivity contribution in [2.45, 2.75) is 25.8 Å². The van der Waals surface area contributed by atoms with Crippen molar-refractivity contribution >= 4 is 23.1 Å². The number of amides is 1. The number of aromatic nitrogens is 4. The minimum Gasteiger partial charge on any atom is -0.358 e. The second kappa shape index (κ2) is 7.90. The predicted molar refractivity (Wildman–Crippen MR) is 111 cm³/mol. The number of anilines is 2. The summed E-state index contributed by atoms with van der Waals surface area (Å²) in [6.07, 6.45) is 4.82. The molecule has 10 heteroatoms. The molecule has 0 bridgehead atoms. The van der Waals surface area contributed by atoms with Gasteiger partial charge < -0.3 is 10.2 Å². The monoisotopic (exact) mass is 407 g/mol. The lowest BCUT2D eigenvalue weighted by atomic mass is 10.2. The molecule has 1 aliphatic heterocycles. The van der Waals surface area contributed by atoms with Crippen LogP contribution in [-0.2, 0) is 18.3 Å². The van der Waals surface area contributed by atoms with E-state index in [0.717, 1.165) is 11.4 Å². The molecule has 0 spiro atoms. The van der Waals surface area contributed by atoms with Gasteiger partial charge in [0.2, 0.25) is 5.91 Å². The Labute approximate surface area is 172 Å². The third-order valence-corrected chi connectivity index (χ3v) is 5.01. The van der Waals surface area contributed by atoms with Crippen molar-refractivity contribution in [3.05, 3.63) is 58.5 Å². The summed E-state index contributed by atoms with van der Waals surface area (Å²) in [5.41, 5.74) is 2.27. The lowest BCUT2D eigenvalue weighted by Gasteiger charge is -2.16. The molecule has 1 unspecified atom stereocenters. The molecule has 3 heterocycles. The number of hydrogen-bond acceptors (Lipinski definition) is 7. The minimum atomic E-state index is -0.445. The fraction of sp³-hybridized carbons (Fsp3) is 0.300. The zero-order valence-corrected chi connectivity index (χ0v) is 16.6. The second-order valence-electron chi connectivity index (χ2n) is 7.07. The molecule has 1 N–H and O–H groups in total. The van der Waals surface area contributed by atoms with Crippen LogP contribution in [0.15, 0.2) is 42.7 Å². The number of carbonyl (C=O) groups excluding carboxylic acids is 1. The number of nitro benzene ring substituents is 1. The SMILES string of the molecule is CCc1cc(NC2CCN(c3cnn(C)c3)C2=O)nc(-c2ccc([N+](=O)[O-])cc2)n1. The molecule has 0 aliphatic carbocycles. The summed E-state index contributed by atoms with van der Waals surface area (Å²) in [7, 11) is 1.81. The van der Waals surface area contributed by atoms with Crippen LogP contribution < -0.4 is 10.2 Å². The van der Waals surface area contributed by atoms with Crippen LogP contribution in [0.4, 0.5) is 17.2 Å². The minimum absolute atomic E-state index is 0.00999. The van der Waals surface area contributed by atoms with Crippen molar-refractivity contribution in [2.24, 2.45) is 7.05 Å². The van der Waals surface area contributed by atoms with Gasteiger partial charge in [-0.15, -0.1) is 0 Å². The van der Waals surface area contributed by atoms with Gasteiger partial charge in [-0.25, -0.2) is 9.97 Å². The molecule has 154 valence electrons. The highest BCUT2D eigenvalue weighted by Crippen LogP contribution is 2.25. The molecule has 1 saturated heterocycles. The molecule has 4 rings (SSSR count). The number of aryl methyl sites for hydroxylation is 2. The lowest BCUT2D eigenvalue weighted by molar-refractivity contribution is -0.384. The summed E-state index contributed by atoms with van der Waals surface area (Å²) in [4.78, 5) is 34.1. The highest BCUT2D eigenvalue weighted by atomic mass is 16.6. The van der Waals surface area contributed by atoms with E-state index in [9.17, 15) is 14.9 Å². The molecule has 0 radical (unpaired) electrons. The van der Waals surface area contributed by atoms with E-state index in [4.69, 9.17) is 0 Å². The summed E-state index contributed by atoms with van der Waals surface area (Å²) >= 11 is 0. The quantitative estimate of drug-likeness (QED) is 0.493. The average molecular weight is 407 g/mol. The van der Waals surface area contributed by atoms with Crippen molar-refractivity contribution < 1.29 is 9.72 Å². The molecule has 1 fully saturated rings. The normalized spacial score (nSPS) is 16.1. The van der Waals surface area contributed by atoms with Crippen LogP contribution in [0.5, 0.6) is 0 Å². The van der Waals surface area contributed by atoms with Crippen LogP contribution in [0.3, 0.4) is 0 Å². The highest BCUT2D eigenvalue weighted by Gasteiger charge is 2.33. The van der Waals surface area contributed by atoms with E-state index in [1.807, 2.05) is 26.2 Å². The number of nitrogens with zero attached hydrogens (tertiary/aromatic N) is 6. The first-order chi connectivity index (χ1) is 14.4. The molecular weight excluding hydrogens is 386 g/mol. The first kappa shape index (κ1) is 19.5. The first-order valence-corrected chi connectivity index (χ1v) is 9.64. The van der Waals surface area contributed by atoms with Crippen LogP contribution >= 0.6 is 0 Å². The van der Waals surface area contributed by atoms with Gasteiger partial charge in [-0.2, -0.15) is 5.10 Å². The van der Waals surface area contributed by atoms with E-state index in [2.05, 4.69) is 20.4 Å². The van der Waals surface area contributed by atoms with Gasteiger partial charge in [-0.1, -0.05) is 6.92 Å². The summed E-state index contributed by atoms with van der Waals surface area (Å²) in [6, 6.07) is 7.54. The van der Waals surface area contributed by atoms with Gasteiger partial charge >= 0.3 is 0 Å². The Morgan fingerprint density at radius 3 is 2.67 bits per heavy atom. The molecule has 1 atom stereocenters. The third-order valence-electron chi connectivity index (χ3n) is 5.01. The number of non-ortho nitro benzene ring substituents is 1. The molecule has 2 aromatic heterocycles. The van der Waals surface area contributed by atoms with Gasteiger partial charge in [0.15, 0.2) is 5.82 Å². The zero-order chi connectivity index (χ0) is 21.3. The summed E-state index contributed by atoms with van der Waals surface area (Å²) in [5.74, 6) is 0.986. The number of rotatable bonds is 6. The van der Waals surface area contributed by atoms with Crippen molar-refractivity contribution in [1.82, 2.24) is 19.7 Å². The third kappa shape index (κ3) is 3.84. The maximum absolute atomic E-state index is 12.8. The van der Waals surface area contributed by atoms with Crippen LogP contribution in [0.25, 0.3) is 11.4 Å². The lowest BCUT2D eigenvalue weighted by Crippen LogP contribution is -2.33. The Kier molecular flexibility index (Phi) is 5.13. The first-order valence-electron chi connectivity index (χ1n) is 9.64. The zero-order valence-electron chi connectivity index (χ0n) is 16.6. The highest BCUT2D eigenvalue weighted by molar-refractivity contribution is 6.00. The Morgan fingerprint density at radius 2 is 2.03 bits per heavy atom. The Bertz CT molecular complexity index is 1090. The fourth-order valence-corrected chi connectivity index (χ4v) is 3.41. The van der Waals surface area contributed by atoms with Crippen molar-refractivity contribution in [3.8, 4) is 11.4 Å². The van der Waals surface area contributed by atoms with Crippen molar-refractivity contribution in [3.63, 3.8) is 0 Å². The molecule has 10 nitrogen and oxygen atoms in total. The summed E-state index contributed by atoms with van der Waals surface area (Å²) in [5, 5.41) is 18.2. The molecule has 1 aromatic carbocycles. The average Bonchev–Trinajstić information content (AvgIpc) is 3.33. The van der Waals surface area contributed by atoms with Crippen LogP contribution in [0, 0.1) is 10.1 Å². The number of hydrogen-bond donors (Lipinski definition) is 1. The maximum atomic E-state index is 12.8. The molecule has 3 aromatic rings. The Balaban J connectivity index is 1.56. The van der Waals surface area contributed by atoms with Gasteiger partial charge in [0.25, 0.3) is 5.69 Å². The fourth-order valence-electron chi connectivity index (χ4n) is 3.41. The number of benzene rings is 1. The van der Waals surface area contributed by atoms with Crippen molar-refractivity contribution in [2.75, 3.05) is 16.8 Å². The van der Waals surface area contributed by atoms with Gasteiger partial charge in [-0.05, 0) is 25.0 Å². The molecule has 1 aliphatic rings. The maximum Gasteiger partial charge on any atom is 0.269 e. The number of nitrogens with one attached hydrogen (secondary N) is 1. The largest absolute Gasteiger partial charge is 0.358 e. The van der Waals surface area contributed by atoms with Gasteiger partial charge in [0, 0.05) is 49.2 Å². The van der Waals surface area contributed by atoms with E-state index in [-0.39, 0.29) is 11.6 Å². The van der Waals surface area contributed by atoms with E-state index in [1.54, 1.807) is 27.9 Å². The van der Waals surface area contributed by atoms with Crippen LogP contribution in [0.1, 0.15) is 19.0 Å². The number of carbonyl (C=O) groups is 1. The predicted octanol–water partition coefficient (Wildman–Crippen LogP) is 2.57. The number of nitro groups is 1. The summed E-state index contributed by atoms with van der Waals surface area (Å²) < 4.78 is 1.66. The van der Waals surface area contributed by atoms with Crippen LogP contribution in [-0.4, -0.2) is 43.2 Å². The second-order valence-corrected chi connectivity index (χ2v) is 7.07. The van der Waals surface area contributed by atoms with Gasteiger partial charge in [0.05, 0.1) is 16.8 Å². The molecule has 30 heavy (non-hydrogen) atoms. The smallest absolute Gasteiger partial charge is 0.269 e. The molecule has 1 amide bonds. The molecular formula is C20H21N7O3. The van der Waals surface area contributed by atoms with Gasteiger partial charge in [-0.3, -0.25) is 19.6 Å². The molecule has 0 saturated carbocycles. The van der Waals surface area contributed by atoms with Crippen LogP contribution in [0.2, 0.25) is 0 Å². The van der Waals surface area contributed by atoms with E-state index in [1.165, 1.54) is 12.1 Å². The standard InChI is InChI=1S/C20H21N7O3/c1-3-14-10-18(24-19(22-14)13-4-6-15(7-5-13)27(29)30)23-17-8-9-26(20(17)28)16-11-21-25(2)12-16/h4-7,10-12,17H,3,8-9H2,1-2H3,(H,22,23,24). The van der Waals surface area contributed by atoms with E-state index >= 15 is 0 Å². The van der Waals surface area contributed by atoms with Crippen molar-refractivity contribution in [1.29, 1.82) is 0 Å². The summed E-state index contributed by atoms with van der Waals surface area (Å²) in [6.45, 7) is 2.58. The van der Waals surface area contributed by atoms with E-state index in [0.29, 0.717) is 36.6 Å². The van der Waals surface area contributed by atoms with E-state index < -0.39 is 11.0 Å². The van der Waals surface area contributed by atoms with Gasteiger partial charge in [0.1, 0.15) is 11.9 Å².